The number of hydrogen-bond donors (Lipinski definition) is 1. The van der Waals surface area contributed by atoms with Crippen LogP contribution in [0.25, 0.3) is 0 Å². The molecule has 1 fully saturated rings. The summed E-state index contributed by atoms with van der Waals surface area (Å²) in [6, 6.07) is -0.648. The van der Waals surface area contributed by atoms with Crippen LogP contribution in [-0.4, -0.2) is 50.0 Å². The minimum Gasteiger partial charge on any atom is -0.350 e. The maximum absolute atomic E-state index is 13.8. The molecule has 0 radical (unpaired) electrons. The molecule has 0 aromatic carbocycles. The summed E-state index contributed by atoms with van der Waals surface area (Å²) in [5.41, 5.74) is 0.786. The molecule has 2 amide bonds. The predicted molar refractivity (Wildman–Crippen MR) is 132 cm³/mol. The van der Waals surface area contributed by atoms with Crippen molar-refractivity contribution in [2.75, 3.05) is 6.54 Å². The zero-order valence-corrected chi connectivity index (χ0v) is 20.5. The average molecular weight is 478 g/mol. The Morgan fingerprint density at radius 1 is 1.31 bits per heavy atom. The van der Waals surface area contributed by atoms with E-state index in [4.69, 9.17) is 6.42 Å². The van der Waals surface area contributed by atoms with Crippen molar-refractivity contribution in [3.63, 3.8) is 0 Å². The summed E-state index contributed by atoms with van der Waals surface area (Å²) in [4.78, 5) is 29.1. The Kier molecular flexibility index (Phi) is 7.79. The average Bonchev–Trinajstić information content (AvgIpc) is 3.45. The van der Waals surface area contributed by atoms with Crippen molar-refractivity contribution in [3.8, 4) is 12.3 Å². The highest BCUT2D eigenvalue weighted by atomic mass is 16.2. The lowest BCUT2D eigenvalue weighted by molar-refractivity contribution is -0.144. The highest BCUT2D eigenvalue weighted by Crippen LogP contribution is 2.39. The predicted octanol–water partition coefficient (Wildman–Crippen LogP) is 4.03. The van der Waals surface area contributed by atoms with E-state index in [-0.39, 0.29) is 24.3 Å². The molecule has 1 aromatic heterocycles. The zero-order valence-electron chi connectivity index (χ0n) is 20.5. The van der Waals surface area contributed by atoms with Gasteiger partial charge in [0.05, 0.1) is 12.2 Å². The van der Waals surface area contributed by atoms with Gasteiger partial charge >= 0.3 is 0 Å². The van der Waals surface area contributed by atoms with Gasteiger partial charge in [-0.05, 0) is 45.4 Å². The van der Waals surface area contributed by atoms with Gasteiger partial charge in [0.1, 0.15) is 5.69 Å². The molecule has 1 unspecified atom stereocenters. The number of rotatable bonds is 12. The van der Waals surface area contributed by atoms with Crippen LogP contribution in [0.15, 0.2) is 40.7 Å². The van der Waals surface area contributed by atoms with Crippen LogP contribution in [0, 0.1) is 12.3 Å². The number of nitrogens with one attached hydrogen (secondary N) is 1. The monoisotopic (exact) mass is 477 g/mol. The van der Waals surface area contributed by atoms with Gasteiger partial charge in [-0.15, -0.1) is 17.4 Å². The molecule has 4 rings (SSSR count). The summed E-state index contributed by atoms with van der Waals surface area (Å²) >= 11 is 0. The molecule has 2 aliphatic carbocycles. The van der Waals surface area contributed by atoms with E-state index in [1.165, 1.54) is 6.42 Å². The maximum Gasteiger partial charge on any atom is 0.249 e. The van der Waals surface area contributed by atoms with Crippen molar-refractivity contribution in [3.05, 3.63) is 36.2 Å². The minimum absolute atomic E-state index is 0.100. The Morgan fingerprint density at radius 3 is 2.71 bits per heavy atom. The molecule has 1 aromatic rings. The van der Waals surface area contributed by atoms with Gasteiger partial charge < -0.3 is 10.2 Å². The molecule has 0 spiro atoms. The van der Waals surface area contributed by atoms with E-state index < -0.39 is 11.7 Å². The SMILES string of the molecule is C#CCCC1(CCC(=O)N(C(C(=O)NCC(=C)C)c2cn(C3CCC3)nn2)[C@@H]2CC=CCC2)N=N1. The molecule has 1 saturated carbocycles. The quantitative estimate of drug-likeness (QED) is 0.362. The fourth-order valence-corrected chi connectivity index (χ4v) is 4.68. The Hall–Kier alpha value is -3.28. The van der Waals surface area contributed by atoms with Gasteiger partial charge in [-0.1, -0.05) is 29.5 Å². The van der Waals surface area contributed by atoms with Crippen LogP contribution < -0.4 is 5.32 Å². The van der Waals surface area contributed by atoms with Crippen molar-refractivity contribution in [2.45, 2.75) is 94.9 Å². The lowest BCUT2D eigenvalue weighted by Gasteiger charge is -2.37. The number of carbonyl (C=O) groups is 2. The molecular formula is C26H35N7O2. The summed E-state index contributed by atoms with van der Waals surface area (Å²) < 4.78 is 1.85. The highest BCUT2D eigenvalue weighted by Gasteiger charge is 2.42. The highest BCUT2D eigenvalue weighted by molar-refractivity contribution is 5.88. The summed E-state index contributed by atoms with van der Waals surface area (Å²) in [5, 5.41) is 20.0. The fraction of sp³-hybridized carbons (Fsp3) is 0.615. The van der Waals surface area contributed by atoms with Crippen molar-refractivity contribution in [2.24, 2.45) is 10.2 Å². The summed E-state index contributed by atoms with van der Waals surface area (Å²) in [7, 11) is 0. The molecule has 9 heteroatoms. The molecule has 2 heterocycles. The van der Waals surface area contributed by atoms with Crippen LogP contribution in [0.4, 0.5) is 0 Å². The molecular weight excluding hydrogens is 442 g/mol. The normalized spacial score (nSPS) is 21.0. The minimum atomic E-state index is -0.859. The molecule has 0 bridgehead atoms. The molecule has 9 nitrogen and oxygen atoms in total. The van der Waals surface area contributed by atoms with E-state index >= 15 is 0 Å². The Labute approximate surface area is 207 Å². The second-order valence-corrected chi connectivity index (χ2v) is 9.91. The van der Waals surface area contributed by atoms with Crippen LogP contribution in [0.5, 0.6) is 0 Å². The first kappa shape index (κ1) is 24.8. The molecule has 1 aliphatic heterocycles. The number of allylic oxidation sites excluding steroid dienone is 1. The number of carbonyl (C=O) groups excluding carboxylic acids is 2. The number of nitrogens with zero attached hydrogens (tertiary/aromatic N) is 6. The third kappa shape index (κ3) is 6.05. The third-order valence-electron chi connectivity index (χ3n) is 7.06. The largest absolute Gasteiger partial charge is 0.350 e. The topological polar surface area (TPSA) is 105 Å². The number of amides is 2. The van der Waals surface area contributed by atoms with Gasteiger partial charge in [-0.2, -0.15) is 10.2 Å². The number of aromatic nitrogens is 3. The molecule has 0 saturated heterocycles. The Bertz CT molecular complexity index is 1040. The van der Waals surface area contributed by atoms with Gasteiger partial charge in [0.15, 0.2) is 11.7 Å². The van der Waals surface area contributed by atoms with Crippen LogP contribution in [-0.2, 0) is 9.59 Å². The molecule has 35 heavy (non-hydrogen) atoms. The van der Waals surface area contributed by atoms with E-state index in [1.54, 1.807) is 4.90 Å². The lowest BCUT2D eigenvalue weighted by Crippen LogP contribution is -2.49. The second-order valence-electron chi connectivity index (χ2n) is 9.91. The third-order valence-corrected chi connectivity index (χ3v) is 7.06. The van der Waals surface area contributed by atoms with E-state index in [0.717, 1.165) is 31.3 Å². The van der Waals surface area contributed by atoms with Gasteiger partial charge in [-0.25, -0.2) is 4.68 Å². The molecule has 2 atom stereocenters. The van der Waals surface area contributed by atoms with Crippen LogP contribution >= 0.6 is 0 Å². The van der Waals surface area contributed by atoms with Crippen molar-refractivity contribution in [1.82, 2.24) is 25.2 Å². The molecule has 1 N–H and O–H groups in total. The van der Waals surface area contributed by atoms with Crippen LogP contribution in [0.1, 0.15) is 88.9 Å². The molecule has 3 aliphatic rings. The number of hydrogen-bond acceptors (Lipinski definition) is 6. The Balaban J connectivity index is 1.59. The first-order valence-electron chi connectivity index (χ1n) is 12.6. The first-order valence-corrected chi connectivity index (χ1v) is 12.6. The van der Waals surface area contributed by atoms with E-state index in [1.807, 2.05) is 17.8 Å². The standard InChI is InChI=1S/C26H35N7O2/c1-4-5-15-26(29-30-26)16-14-23(34)33(21-10-7-6-8-11-21)24(25(35)27-17-19(2)3)22-18-32(31-28-22)20-12-9-13-20/h1,6-7,18,20-21,24H,2,5,8-17H2,3H3,(H,27,35)/t21-,24?/m1/s1. The zero-order chi connectivity index (χ0) is 24.8. The van der Waals surface area contributed by atoms with Gasteiger partial charge in [0, 0.05) is 38.3 Å². The summed E-state index contributed by atoms with van der Waals surface area (Å²) in [6.07, 6.45) is 19.0. The maximum atomic E-state index is 13.8. The van der Waals surface area contributed by atoms with Gasteiger partial charge in [0.25, 0.3) is 0 Å². The van der Waals surface area contributed by atoms with Gasteiger partial charge in [0.2, 0.25) is 11.8 Å². The second kappa shape index (κ2) is 11.0. The van der Waals surface area contributed by atoms with Crippen molar-refractivity contribution in [1.29, 1.82) is 0 Å². The number of terminal acetylenes is 1. The van der Waals surface area contributed by atoms with Crippen molar-refractivity contribution >= 4 is 11.8 Å². The van der Waals surface area contributed by atoms with E-state index in [0.29, 0.717) is 44.0 Å². The van der Waals surface area contributed by atoms with Crippen LogP contribution in [0.2, 0.25) is 0 Å². The Morgan fingerprint density at radius 2 is 2.11 bits per heavy atom. The van der Waals surface area contributed by atoms with Crippen LogP contribution in [0.3, 0.4) is 0 Å². The van der Waals surface area contributed by atoms with Gasteiger partial charge in [-0.3, -0.25) is 9.59 Å². The summed E-state index contributed by atoms with van der Waals surface area (Å²) in [6.45, 7) is 6.09. The lowest BCUT2D eigenvalue weighted by atomic mass is 9.93. The first-order chi connectivity index (χ1) is 16.9. The van der Waals surface area contributed by atoms with E-state index in [9.17, 15) is 9.59 Å². The van der Waals surface area contributed by atoms with E-state index in [2.05, 4.69) is 50.5 Å². The smallest absolute Gasteiger partial charge is 0.249 e. The molecule has 186 valence electrons. The fourth-order valence-electron chi connectivity index (χ4n) is 4.68. The van der Waals surface area contributed by atoms with Crippen molar-refractivity contribution < 1.29 is 9.59 Å². The summed E-state index contributed by atoms with van der Waals surface area (Å²) in [5.74, 6) is 2.26.